The summed E-state index contributed by atoms with van der Waals surface area (Å²) in [5.41, 5.74) is 5.34. The van der Waals surface area contributed by atoms with Crippen molar-refractivity contribution in [1.82, 2.24) is 4.98 Å². The molecule has 116 valence electrons. The molecule has 0 saturated heterocycles. The number of hydrogen-bond donors (Lipinski definition) is 1. The van der Waals surface area contributed by atoms with Crippen molar-refractivity contribution < 1.29 is 4.79 Å². The van der Waals surface area contributed by atoms with Crippen molar-refractivity contribution in [1.29, 1.82) is 0 Å². The summed E-state index contributed by atoms with van der Waals surface area (Å²) in [6.07, 6.45) is 1.73. The number of carbonyl (C=O) groups is 1. The number of amides is 1. The second-order valence-electron chi connectivity index (χ2n) is 5.72. The molecule has 0 spiro atoms. The summed E-state index contributed by atoms with van der Waals surface area (Å²) in [4.78, 5) is 17.1. The number of carbonyl (C=O) groups excluding carboxylic acids is 1. The van der Waals surface area contributed by atoms with E-state index in [-0.39, 0.29) is 5.91 Å². The summed E-state index contributed by atoms with van der Waals surface area (Å²) >= 11 is 3.52. The molecule has 1 N–H and O–H groups in total. The monoisotopic (exact) mass is 368 g/mol. The second-order valence-corrected chi connectivity index (χ2v) is 6.58. The minimum absolute atomic E-state index is 0.103. The van der Waals surface area contributed by atoms with Crippen LogP contribution in [0.5, 0.6) is 0 Å². The molecule has 0 unspecified atom stereocenters. The van der Waals surface area contributed by atoms with E-state index in [4.69, 9.17) is 0 Å². The number of pyridine rings is 1. The zero-order chi connectivity index (χ0) is 16.6. The first-order chi connectivity index (χ1) is 11.0. The molecule has 4 heteroatoms. The Balaban J connectivity index is 2.03. The van der Waals surface area contributed by atoms with E-state index in [0.29, 0.717) is 5.69 Å². The first-order valence-electron chi connectivity index (χ1n) is 7.40. The summed E-state index contributed by atoms with van der Waals surface area (Å²) in [6.45, 7) is 5.97. The van der Waals surface area contributed by atoms with Crippen LogP contribution in [0.25, 0.3) is 10.9 Å². The molecule has 0 atom stereocenters. The molecule has 1 aromatic heterocycles. The number of aromatic nitrogens is 1. The van der Waals surface area contributed by atoms with Gasteiger partial charge in [-0.2, -0.15) is 0 Å². The molecule has 0 bridgehead atoms. The molecule has 0 aliphatic carbocycles. The highest BCUT2D eigenvalue weighted by Gasteiger charge is 2.15. The van der Waals surface area contributed by atoms with Crippen molar-refractivity contribution in [3.63, 3.8) is 0 Å². The smallest absolute Gasteiger partial charge is 0.256 e. The highest BCUT2D eigenvalue weighted by Crippen LogP contribution is 2.29. The largest absolute Gasteiger partial charge is 0.320 e. The fourth-order valence-corrected chi connectivity index (χ4v) is 3.41. The molecule has 0 radical (unpaired) electrons. The molecular formula is C19H17BrN2O. The number of aryl methyl sites for hydroxylation is 3. The van der Waals surface area contributed by atoms with Crippen LogP contribution in [0.1, 0.15) is 27.0 Å². The molecule has 3 rings (SSSR count). The summed E-state index contributed by atoms with van der Waals surface area (Å²) in [5, 5.41) is 3.98. The summed E-state index contributed by atoms with van der Waals surface area (Å²) in [7, 11) is 0. The van der Waals surface area contributed by atoms with Crippen LogP contribution in [0, 0.1) is 20.8 Å². The lowest BCUT2D eigenvalue weighted by Gasteiger charge is -2.13. The maximum atomic E-state index is 12.7. The van der Waals surface area contributed by atoms with Gasteiger partial charge in [-0.1, -0.05) is 39.7 Å². The van der Waals surface area contributed by atoms with Gasteiger partial charge in [0, 0.05) is 21.6 Å². The van der Waals surface area contributed by atoms with Gasteiger partial charge in [0.1, 0.15) is 0 Å². The van der Waals surface area contributed by atoms with E-state index in [1.165, 1.54) is 0 Å². The van der Waals surface area contributed by atoms with Gasteiger partial charge in [-0.25, -0.2) is 0 Å². The molecule has 0 fully saturated rings. The molecule has 1 amide bonds. The van der Waals surface area contributed by atoms with Gasteiger partial charge in [0.2, 0.25) is 0 Å². The van der Waals surface area contributed by atoms with Gasteiger partial charge >= 0.3 is 0 Å². The average molecular weight is 369 g/mol. The maximum absolute atomic E-state index is 12.7. The lowest BCUT2D eigenvalue weighted by Crippen LogP contribution is -2.15. The van der Waals surface area contributed by atoms with Crippen molar-refractivity contribution in [2.75, 3.05) is 5.32 Å². The fraction of sp³-hybridized carbons (Fsp3) is 0.158. The second kappa shape index (κ2) is 6.13. The van der Waals surface area contributed by atoms with Crippen LogP contribution >= 0.6 is 15.9 Å². The number of nitrogens with one attached hydrogen (secondary N) is 1. The van der Waals surface area contributed by atoms with Gasteiger partial charge in [-0.15, -0.1) is 0 Å². The topological polar surface area (TPSA) is 42.0 Å². The Morgan fingerprint density at radius 2 is 1.78 bits per heavy atom. The number of benzene rings is 2. The third-order valence-electron chi connectivity index (χ3n) is 3.87. The molecule has 3 nitrogen and oxygen atoms in total. The van der Waals surface area contributed by atoms with Crippen LogP contribution in [0.2, 0.25) is 0 Å². The van der Waals surface area contributed by atoms with Crippen LogP contribution in [0.4, 0.5) is 5.69 Å². The van der Waals surface area contributed by atoms with Crippen molar-refractivity contribution in [3.05, 3.63) is 69.3 Å². The molecule has 1 heterocycles. The van der Waals surface area contributed by atoms with Crippen LogP contribution in [0.3, 0.4) is 0 Å². The molecule has 3 aromatic rings. The molecular weight excluding hydrogens is 352 g/mol. The van der Waals surface area contributed by atoms with Gasteiger partial charge in [0.15, 0.2) is 0 Å². The maximum Gasteiger partial charge on any atom is 0.256 e. The van der Waals surface area contributed by atoms with Gasteiger partial charge in [0.25, 0.3) is 5.91 Å². The lowest BCUT2D eigenvalue weighted by atomic mass is 9.99. The molecule has 0 saturated carbocycles. The Hall–Kier alpha value is -2.20. The van der Waals surface area contributed by atoms with Gasteiger partial charge in [-0.05, 0) is 50.1 Å². The SMILES string of the molecule is Cc1cc(C)c(C(=O)Nc2ccc(Br)c3cccnc23)c(C)c1. The number of hydrogen-bond acceptors (Lipinski definition) is 2. The Bertz CT molecular complexity index is 895. The van der Waals surface area contributed by atoms with E-state index in [2.05, 4.69) is 26.2 Å². The van der Waals surface area contributed by atoms with E-state index in [1.54, 1.807) is 6.20 Å². The Morgan fingerprint density at radius 1 is 1.09 bits per heavy atom. The zero-order valence-electron chi connectivity index (χ0n) is 13.3. The summed E-state index contributed by atoms with van der Waals surface area (Å²) in [5.74, 6) is -0.103. The third kappa shape index (κ3) is 2.99. The first kappa shape index (κ1) is 15.7. The summed E-state index contributed by atoms with van der Waals surface area (Å²) in [6, 6.07) is 11.7. The van der Waals surface area contributed by atoms with Crippen molar-refractivity contribution >= 4 is 38.4 Å². The zero-order valence-corrected chi connectivity index (χ0v) is 14.9. The molecule has 23 heavy (non-hydrogen) atoms. The Morgan fingerprint density at radius 3 is 2.48 bits per heavy atom. The van der Waals surface area contributed by atoms with Crippen LogP contribution in [-0.4, -0.2) is 10.9 Å². The van der Waals surface area contributed by atoms with Crippen LogP contribution < -0.4 is 5.32 Å². The highest BCUT2D eigenvalue weighted by atomic mass is 79.9. The minimum atomic E-state index is -0.103. The van der Waals surface area contributed by atoms with Crippen LogP contribution in [0.15, 0.2) is 47.1 Å². The number of anilines is 1. The van der Waals surface area contributed by atoms with E-state index in [1.807, 2.05) is 57.2 Å². The molecule has 0 aliphatic heterocycles. The highest BCUT2D eigenvalue weighted by molar-refractivity contribution is 9.10. The average Bonchev–Trinajstić information content (AvgIpc) is 2.49. The molecule has 0 aliphatic rings. The Kier molecular flexibility index (Phi) is 4.18. The van der Waals surface area contributed by atoms with Crippen LogP contribution in [-0.2, 0) is 0 Å². The Labute approximate surface area is 143 Å². The number of nitrogens with zero attached hydrogens (tertiary/aromatic N) is 1. The lowest BCUT2D eigenvalue weighted by molar-refractivity contribution is 0.102. The van der Waals surface area contributed by atoms with Crippen molar-refractivity contribution in [2.24, 2.45) is 0 Å². The third-order valence-corrected chi connectivity index (χ3v) is 4.56. The van der Waals surface area contributed by atoms with Gasteiger partial charge in [-0.3, -0.25) is 9.78 Å². The van der Waals surface area contributed by atoms with Gasteiger partial charge < -0.3 is 5.32 Å². The minimum Gasteiger partial charge on any atom is -0.320 e. The first-order valence-corrected chi connectivity index (χ1v) is 8.19. The van der Waals surface area contributed by atoms with Crippen molar-refractivity contribution in [3.8, 4) is 0 Å². The standard InChI is InChI=1S/C19H17BrN2O/c1-11-9-12(2)17(13(3)10-11)19(23)22-16-7-6-15(20)14-5-4-8-21-18(14)16/h4-10H,1-3H3,(H,22,23). The predicted octanol–water partition coefficient (Wildman–Crippen LogP) is 5.17. The van der Waals surface area contributed by atoms with E-state index < -0.39 is 0 Å². The number of fused-ring (bicyclic) bond motifs is 1. The quantitative estimate of drug-likeness (QED) is 0.677. The van der Waals surface area contributed by atoms with E-state index >= 15 is 0 Å². The van der Waals surface area contributed by atoms with Gasteiger partial charge in [0.05, 0.1) is 11.2 Å². The molecule has 2 aromatic carbocycles. The van der Waals surface area contributed by atoms with E-state index in [9.17, 15) is 4.79 Å². The summed E-state index contributed by atoms with van der Waals surface area (Å²) < 4.78 is 0.960. The number of halogens is 1. The normalized spacial score (nSPS) is 10.8. The predicted molar refractivity (Wildman–Crippen MR) is 98.0 cm³/mol. The van der Waals surface area contributed by atoms with E-state index in [0.717, 1.165) is 37.6 Å². The van der Waals surface area contributed by atoms with Crippen molar-refractivity contribution in [2.45, 2.75) is 20.8 Å². The number of rotatable bonds is 2. The fourth-order valence-electron chi connectivity index (χ4n) is 2.96.